The van der Waals surface area contributed by atoms with Gasteiger partial charge in [-0.15, -0.1) is 10.2 Å². The minimum atomic E-state index is -0.686. The van der Waals surface area contributed by atoms with E-state index >= 15 is 0 Å². The number of hydrogen-bond acceptors (Lipinski definition) is 8. The standard InChI is InChI=1S/C19H16FN5O5/c1-29-18(27)12-6-13(19(28)30-2)9-15(8-12)21-16(26)10-25-23-17(22-24-25)11-4-3-5-14(20)7-11/h3-9H,10H2,1-2H3,(H,21,26). The van der Waals surface area contributed by atoms with Gasteiger partial charge in [0.25, 0.3) is 0 Å². The summed E-state index contributed by atoms with van der Waals surface area (Å²) in [7, 11) is 2.38. The Balaban J connectivity index is 1.76. The van der Waals surface area contributed by atoms with Gasteiger partial charge in [0.2, 0.25) is 11.7 Å². The van der Waals surface area contributed by atoms with Gasteiger partial charge in [-0.1, -0.05) is 12.1 Å². The second-order valence-electron chi connectivity index (χ2n) is 5.98. The molecule has 0 aliphatic carbocycles. The third-order valence-electron chi connectivity index (χ3n) is 3.88. The zero-order valence-corrected chi connectivity index (χ0v) is 16.0. The number of carbonyl (C=O) groups excluding carboxylic acids is 3. The molecule has 1 aromatic heterocycles. The zero-order chi connectivity index (χ0) is 21.7. The molecule has 0 aliphatic heterocycles. The minimum absolute atomic E-state index is 0.0583. The van der Waals surface area contributed by atoms with Crippen LogP contribution in [0.5, 0.6) is 0 Å². The Morgan fingerprint density at radius 2 is 1.70 bits per heavy atom. The second-order valence-corrected chi connectivity index (χ2v) is 5.98. The molecule has 0 atom stereocenters. The maximum absolute atomic E-state index is 13.3. The lowest BCUT2D eigenvalue weighted by Crippen LogP contribution is -2.21. The van der Waals surface area contributed by atoms with E-state index < -0.39 is 23.7 Å². The normalized spacial score (nSPS) is 10.4. The smallest absolute Gasteiger partial charge is 0.337 e. The van der Waals surface area contributed by atoms with Crippen LogP contribution in [0, 0.1) is 5.82 Å². The summed E-state index contributed by atoms with van der Waals surface area (Å²) in [6.07, 6.45) is 0. The monoisotopic (exact) mass is 413 g/mol. The molecule has 0 radical (unpaired) electrons. The van der Waals surface area contributed by atoms with Gasteiger partial charge in [0.1, 0.15) is 12.4 Å². The van der Waals surface area contributed by atoms with Crippen LogP contribution in [0.4, 0.5) is 10.1 Å². The molecule has 0 bridgehead atoms. The molecule has 2 aromatic carbocycles. The Hall–Kier alpha value is -4.15. The van der Waals surface area contributed by atoms with Crippen molar-refractivity contribution in [2.45, 2.75) is 6.54 Å². The van der Waals surface area contributed by atoms with Crippen molar-refractivity contribution >= 4 is 23.5 Å². The topological polar surface area (TPSA) is 125 Å². The first kappa shape index (κ1) is 20.6. The molecule has 0 spiro atoms. The highest BCUT2D eigenvalue weighted by Crippen LogP contribution is 2.18. The lowest BCUT2D eigenvalue weighted by atomic mass is 10.1. The lowest BCUT2D eigenvalue weighted by molar-refractivity contribution is -0.117. The highest BCUT2D eigenvalue weighted by molar-refractivity contribution is 5.99. The molecule has 154 valence electrons. The molecule has 1 heterocycles. The summed E-state index contributed by atoms with van der Waals surface area (Å²) in [6, 6.07) is 9.63. The Labute approximate surface area is 169 Å². The Bertz CT molecular complexity index is 1080. The van der Waals surface area contributed by atoms with Gasteiger partial charge in [-0.3, -0.25) is 4.79 Å². The van der Waals surface area contributed by atoms with Crippen molar-refractivity contribution in [1.29, 1.82) is 0 Å². The Morgan fingerprint density at radius 3 is 2.30 bits per heavy atom. The first-order chi connectivity index (χ1) is 14.4. The fourth-order valence-electron chi connectivity index (χ4n) is 2.55. The van der Waals surface area contributed by atoms with E-state index in [-0.39, 0.29) is 29.2 Å². The van der Waals surface area contributed by atoms with Crippen molar-refractivity contribution in [2.24, 2.45) is 0 Å². The van der Waals surface area contributed by atoms with Crippen molar-refractivity contribution in [3.63, 3.8) is 0 Å². The van der Waals surface area contributed by atoms with E-state index in [0.29, 0.717) is 5.56 Å². The van der Waals surface area contributed by atoms with Crippen LogP contribution in [0.25, 0.3) is 11.4 Å². The summed E-state index contributed by atoms with van der Waals surface area (Å²) < 4.78 is 22.6. The zero-order valence-electron chi connectivity index (χ0n) is 16.0. The number of anilines is 1. The van der Waals surface area contributed by atoms with Gasteiger partial charge in [0.15, 0.2) is 0 Å². The average Bonchev–Trinajstić information content (AvgIpc) is 3.20. The van der Waals surface area contributed by atoms with Crippen LogP contribution in [-0.2, 0) is 20.8 Å². The molecule has 11 heteroatoms. The van der Waals surface area contributed by atoms with E-state index in [4.69, 9.17) is 0 Å². The molecule has 1 N–H and O–H groups in total. The average molecular weight is 413 g/mol. The van der Waals surface area contributed by atoms with E-state index in [9.17, 15) is 18.8 Å². The van der Waals surface area contributed by atoms with Gasteiger partial charge in [-0.05, 0) is 35.5 Å². The van der Waals surface area contributed by atoms with E-state index in [1.807, 2.05) is 0 Å². The summed E-state index contributed by atoms with van der Waals surface area (Å²) in [5.41, 5.74) is 0.704. The Morgan fingerprint density at radius 1 is 1.03 bits per heavy atom. The number of hydrogen-bond donors (Lipinski definition) is 1. The van der Waals surface area contributed by atoms with Crippen molar-refractivity contribution in [2.75, 3.05) is 19.5 Å². The predicted octanol–water partition coefficient (Wildman–Crippen LogP) is 1.69. The molecule has 30 heavy (non-hydrogen) atoms. The summed E-state index contributed by atoms with van der Waals surface area (Å²) >= 11 is 0. The van der Waals surface area contributed by atoms with Gasteiger partial charge in [0.05, 0.1) is 25.3 Å². The van der Waals surface area contributed by atoms with E-state index in [0.717, 1.165) is 4.80 Å². The molecule has 1 amide bonds. The summed E-state index contributed by atoms with van der Waals surface area (Å²) in [6.45, 7) is -0.307. The molecule has 3 aromatic rings. The number of ether oxygens (including phenoxy) is 2. The van der Waals surface area contributed by atoms with Crippen LogP contribution >= 0.6 is 0 Å². The number of carbonyl (C=O) groups is 3. The maximum Gasteiger partial charge on any atom is 0.337 e. The quantitative estimate of drug-likeness (QED) is 0.605. The van der Waals surface area contributed by atoms with Gasteiger partial charge in [-0.25, -0.2) is 14.0 Å². The second kappa shape index (κ2) is 8.90. The van der Waals surface area contributed by atoms with Crippen LogP contribution in [0.2, 0.25) is 0 Å². The van der Waals surface area contributed by atoms with E-state index in [1.54, 1.807) is 6.07 Å². The van der Waals surface area contributed by atoms with Gasteiger partial charge in [0, 0.05) is 11.3 Å². The molecule has 0 aliphatic rings. The number of nitrogens with zero attached hydrogens (tertiary/aromatic N) is 4. The molecule has 0 fully saturated rings. The molecular formula is C19H16FN5O5. The van der Waals surface area contributed by atoms with Crippen LogP contribution in [0.3, 0.4) is 0 Å². The highest BCUT2D eigenvalue weighted by Gasteiger charge is 2.16. The fourth-order valence-corrected chi connectivity index (χ4v) is 2.55. The van der Waals surface area contributed by atoms with Crippen LogP contribution < -0.4 is 5.32 Å². The fraction of sp³-hybridized carbons (Fsp3) is 0.158. The van der Waals surface area contributed by atoms with E-state index in [1.165, 1.54) is 50.6 Å². The van der Waals surface area contributed by atoms with Gasteiger partial charge in [-0.2, -0.15) is 4.80 Å². The molecule has 3 rings (SSSR count). The van der Waals surface area contributed by atoms with Crippen molar-refractivity contribution in [3.05, 3.63) is 59.4 Å². The molecule has 0 unspecified atom stereocenters. The first-order valence-electron chi connectivity index (χ1n) is 8.55. The molecule has 0 saturated carbocycles. The number of rotatable bonds is 6. The SMILES string of the molecule is COC(=O)c1cc(NC(=O)Cn2nnc(-c3cccc(F)c3)n2)cc(C(=O)OC)c1. The third kappa shape index (κ3) is 4.82. The highest BCUT2D eigenvalue weighted by atomic mass is 19.1. The van der Waals surface area contributed by atoms with Crippen LogP contribution in [0.15, 0.2) is 42.5 Å². The van der Waals surface area contributed by atoms with Gasteiger partial charge < -0.3 is 14.8 Å². The number of nitrogens with one attached hydrogen (secondary N) is 1. The number of halogens is 1. The number of esters is 2. The van der Waals surface area contributed by atoms with Crippen molar-refractivity contribution in [1.82, 2.24) is 20.2 Å². The number of benzene rings is 2. The number of aromatic nitrogens is 4. The number of tetrazole rings is 1. The first-order valence-corrected chi connectivity index (χ1v) is 8.55. The molecule has 0 saturated heterocycles. The van der Waals surface area contributed by atoms with Crippen LogP contribution in [-0.4, -0.2) is 52.3 Å². The summed E-state index contributed by atoms with van der Waals surface area (Å²) in [5, 5.41) is 14.1. The van der Waals surface area contributed by atoms with Gasteiger partial charge >= 0.3 is 11.9 Å². The minimum Gasteiger partial charge on any atom is -0.465 e. The number of amides is 1. The Kier molecular flexibility index (Phi) is 6.11. The number of methoxy groups -OCH3 is 2. The summed E-state index contributed by atoms with van der Waals surface area (Å²) in [5.74, 6) is -2.21. The third-order valence-corrected chi connectivity index (χ3v) is 3.88. The lowest BCUT2D eigenvalue weighted by Gasteiger charge is -2.09. The van der Waals surface area contributed by atoms with Crippen molar-refractivity contribution < 1.29 is 28.2 Å². The predicted molar refractivity (Wildman–Crippen MR) is 101 cm³/mol. The summed E-state index contributed by atoms with van der Waals surface area (Å²) in [4.78, 5) is 37.0. The maximum atomic E-state index is 13.3. The van der Waals surface area contributed by atoms with Crippen molar-refractivity contribution in [3.8, 4) is 11.4 Å². The molecular weight excluding hydrogens is 397 g/mol. The molecule has 10 nitrogen and oxygen atoms in total. The van der Waals surface area contributed by atoms with E-state index in [2.05, 4.69) is 30.2 Å². The largest absolute Gasteiger partial charge is 0.465 e. The van der Waals surface area contributed by atoms with Crippen LogP contribution in [0.1, 0.15) is 20.7 Å².